The second kappa shape index (κ2) is 10.7. The van der Waals surface area contributed by atoms with Crippen molar-refractivity contribution in [2.45, 2.75) is 0 Å². The van der Waals surface area contributed by atoms with Crippen molar-refractivity contribution in [3.63, 3.8) is 0 Å². The zero-order valence-electron chi connectivity index (χ0n) is 20.3. The largest absolute Gasteiger partial charge is 0.361 e. The van der Waals surface area contributed by atoms with Gasteiger partial charge < -0.3 is 0 Å². The van der Waals surface area contributed by atoms with E-state index in [9.17, 15) is 0 Å². The summed E-state index contributed by atoms with van der Waals surface area (Å²) in [5.41, 5.74) is 6.85. The minimum Gasteiger partial charge on any atom is -0.207 e. The van der Waals surface area contributed by atoms with E-state index in [-0.39, 0.29) is 0 Å². The van der Waals surface area contributed by atoms with Gasteiger partial charge in [0.1, 0.15) is 0 Å². The Kier molecular flexibility index (Phi) is 6.66. The molecule has 1 aromatic heterocycles. The van der Waals surface area contributed by atoms with Crippen molar-refractivity contribution >= 4 is 28.3 Å². The van der Waals surface area contributed by atoms with Gasteiger partial charge in [-0.2, -0.15) is 0 Å². The highest BCUT2D eigenvalue weighted by atomic mass is 32.2. The van der Waals surface area contributed by atoms with E-state index in [1.165, 1.54) is 26.5 Å². The van der Waals surface area contributed by atoms with Crippen LogP contribution in [-0.2, 0) is 0 Å². The molecular weight excluding hydrogens is 468 g/mol. The molecule has 1 aliphatic rings. The molecule has 5 aromatic rings. The fraction of sp³-hybridized carbons (Fsp3) is 0. The van der Waals surface area contributed by atoms with E-state index in [1.54, 1.807) is 11.8 Å². The maximum Gasteiger partial charge on any atom is 0.361 e. The monoisotopic (exact) mass is 493 g/mol. The van der Waals surface area contributed by atoms with Crippen LogP contribution >= 0.6 is 11.8 Å². The van der Waals surface area contributed by atoms with Gasteiger partial charge in [-0.3, -0.25) is 0 Å². The highest BCUT2D eigenvalue weighted by Gasteiger charge is 2.20. The van der Waals surface area contributed by atoms with Crippen LogP contribution in [0.5, 0.6) is 0 Å². The van der Waals surface area contributed by atoms with Crippen LogP contribution in [0, 0.1) is 0 Å². The molecule has 1 aliphatic heterocycles. The maximum atomic E-state index is 6.40. The first kappa shape index (κ1) is 23.0. The smallest absolute Gasteiger partial charge is 0.207 e. The van der Waals surface area contributed by atoms with Crippen molar-refractivity contribution in [2.75, 3.05) is 0 Å². The first-order chi connectivity index (χ1) is 18.3. The van der Waals surface area contributed by atoms with E-state index in [4.69, 9.17) is 4.42 Å². The van der Waals surface area contributed by atoms with Crippen molar-refractivity contribution < 1.29 is 4.42 Å². The van der Waals surface area contributed by atoms with Crippen LogP contribution in [0.25, 0.3) is 39.2 Å². The Balaban J connectivity index is 1.47. The second-order valence-electron chi connectivity index (χ2n) is 8.84. The average Bonchev–Trinajstić information content (AvgIpc) is 2.99. The molecular formula is C35H25OS+. The molecule has 0 unspecified atom stereocenters. The molecule has 0 atom stereocenters. The van der Waals surface area contributed by atoms with E-state index in [2.05, 4.69) is 115 Å². The summed E-state index contributed by atoms with van der Waals surface area (Å²) in [4.78, 5) is 2.42. The minimum absolute atomic E-state index is 0.848. The number of allylic oxidation sites excluding steroid dienone is 3. The van der Waals surface area contributed by atoms with Gasteiger partial charge in [-0.25, -0.2) is 4.42 Å². The highest BCUT2D eigenvalue weighted by molar-refractivity contribution is 8.12. The third-order valence-corrected chi connectivity index (χ3v) is 7.26. The predicted octanol–water partition coefficient (Wildman–Crippen LogP) is 10.1. The third kappa shape index (κ3) is 5.40. The van der Waals surface area contributed by atoms with Crippen LogP contribution in [0.3, 0.4) is 0 Å². The number of thioether (sulfide) groups is 1. The number of benzene rings is 4. The molecule has 6 rings (SSSR count). The SMILES string of the molecule is C(=C1C=C(c2ccccc2)C=C(c2ccccc2)S1)c1cc(-c2ccccc2)[o+]c(-c2ccccc2)c1. The quantitative estimate of drug-likeness (QED) is 0.226. The Bertz CT molecular complexity index is 1540. The summed E-state index contributed by atoms with van der Waals surface area (Å²) in [6.45, 7) is 0. The van der Waals surface area contributed by atoms with E-state index in [1.807, 2.05) is 36.4 Å². The lowest BCUT2D eigenvalue weighted by molar-refractivity contribution is 0.581. The first-order valence-electron chi connectivity index (χ1n) is 12.3. The molecule has 0 spiro atoms. The van der Waals surface area contributed by atoms with Crippen molar-refractivity contribution in [3.8, 4) is 22.6 Å². The van der Waals surface area contributed by atoms with Gasteiger partial charge in [-0.1, -0.05) is 109 Å². The van der Waals surface area contributed by atoms with Crippen molar-refractivity contribution in [1.29, 1.82) is 0 Å². The average molecular weight is 494 g/mol. The van der Waals surface area contributed by atoms with Gasteiger partial charge in [0.15, 0.2) is 0 Å². The Labute approximate surface area is 222 Å². The van der Waals surface area contributed by atoms with Gasteiger partial charge in [-0.15, -0.1) is 0 Å². The van der Waals surface area contributed by atoms with Crippen LogP contribution in [0.15, 0.2) is 155 Å². The summed E-state index contributed by atoms with van der Waals surface area (Å²) in [6.07, 6.45) is 6.83. The van der Waals surface area contributed by atoms with E-state index in [0.717, 1.165) is 28.2 Å². The molecule has 0 radical (unpaired) electrons. The topological polar surface area (TPSA) is 11.3 Å². The molecule has 176 valence electrons. The standard InChI is InChI=1S/C35H25OS/c1-5-13-27(14-6-1)31-24-32(37-35(25-31)30-19-11-4-12-20-30)21-26-22-33(28-15-7-2-8-16-28)36-34(23-26)29-17-9-3-10-18-29/h1-25H/q+1. The lowest BCUT2D eigenvalue weighted by atomic mass is 10.0. The van der Waals surface area contributed by atoms with Crippen LogP contribution in [-0.4, -0.2) is 0 Å². The van der Waals surface area contributed by atoms with Gasteiger partial charge in [-0.05, 0) is 64.8 Å². The summed E-state index contributed by atoms with van der Waals surface area (Å²) < 4.78 is 6.40. The Morgan fingerprint density at radius 2 is 0.946 bits per heavy atom. The molecule has 2 heteroatoms. The second-order valence-corrected chi connectivity index (χ2v) is 9.96. The molecule has 0 saturated heterocycles. The summed E-state index contributed by atoms with van der Waals surface area (Å²) in [7, 11) is 0. The minimum atomic E-state index is 0.848. The number of hydrogen-bond donors (Lipinski definition) is 0. The molecule has 0 saturated carbocycles. The zero-order valence-corrected chi connectivity index (χ0v) is 21.1. The van der Waals surface area contributed by atoms with Gasteiger partial charge in [0.05, 0.1) is 23.3 Å². The van der Waals surface area contributed by atoms with Gasteiger partial charge in [0.2, 0.25) is 0 Å². The molecule has 0 amide bonds. The Morgan fingerprint density at radius 1 is 0.486 bits per heavy atom. The highest BCUT2D eigenvalue weighted by Crippen LogP contribution is 2.43. The lowest BCUT2D eigenvalue weighted by Gasteiger charge is -2.17. The summed E-state index contributed by atoms with van der Waals surface area (Å²) in [6, 6.07) is 46.0. The summed E-state index contributed by atoms with van der Waals surface area (Å²) >= 11 is 1.80. The van der Waals surface area contributed by atoms with Gasteiger partial charge in [0, 0.05) is 9.81 Å². The van der Waals surface area contributed by atoms with Crippen molar-refractivity contribution in [2.24, 2.45) is 0 Å². The molecule has 37 heavy (non-hydrogen) atoms. The Morgan fingerprint density at radius 3 is 1.46 bits per heavy atom. The van der Waals surface area contributed by atoms with Crippen LogP contribution < -0.4 is 0 Å². The van der Waals surface area contributed by atoms with Gasteiger partial charge in [0.25, 0.3) is 0 Å². The number of hydrogen-bond acceptors (Lipinski definition) is 1. The zero-order chi connectivity index (χ0) is 24.9. The molecule has 1 nitrogen and oxygen atoms in total. The first-order valence-corrected chi connectivity index (χ1v) is 13.2. The molecule has 0 bridgehead atoms. The van der Waals surface area contributed by atoms with E-state index < -0.39 is 0 Å². The van der Waals surface area contributed by atoms with Crippen molar-refractivity contribution in [1.82, 2.24) is 0 Å². The molecule has 0 fully saturated rings. The number of rotatable bonds is 5. The predicted molar refractivity (Wildman–Crippen MR) is 158 cm³/mol. The van der Waals surface area contributed by atoms with Crippen LogP contribution in [0.1, 0.15) is 16.7 Å². The van der Waals surface area contributed by atoms with E-state index >= 15 is 0 Å². The third-order valence-electron chi connectivity index (χ3n) is 6.22. The molecule has 2 heterocycles. The molecule has 4 aromatic carbocycles. The maximum absolute atomic E-state index is 6.40. The van der Waals surface area contributed by atoms with Crippen LogP contribution in [0.2, 0.25) is 0 Å². The fourth-order valence-corrected chi connectivity index (χ4v) is 5.47. The van der Waals surface area contributed by atoms with E-state index in [0.29, 0.717) is 0 Å². The van der Waals surface area contributed by atoms with Crippen LogP contribution in [0.4, 0.5) is 0 Å². The van der Waals surface area contributed by atoms with Crippen molar-refractivity contribution in [3.05, 3.63) is 167 Å². The van der Waals surface area contributed by atoms with Gasteiger partial charge >= 0.3 is 11.5 Å². The Hall–Kier alpha value is -4.40. The lowest BCUT2D eigenvalue weighted by Crippen LogP contribution is -1.92. The summed E-state index contributed by atoms with van der Waals surface area (Å²) in [5.74, 6) is 1.70. The fourth-order valence-electron chi connectivity index (χ4n) is 4.39. The normalized spacial score (nSPS) is 14.2. The molecule has 0 N–H and O–H groups in total. The summed E-state index contributed by atoms with van der Waals surface area (Å²) in [5, 5.41) is 0. The molecule has 0 aliphatic carbocycles.